The Balaban J connectivity index is 2.01. The molecule has 3 nitrogen and oxygen atoms in total. The summed E-state index contributed by atoms with van der Waals surface area (Å²) in [6.45, 7) is 0. The first kappa shape index (κ1) is 11.6. The predicted molar refractivity (Wildman–Crippen MR) is 73.0 cm³/mol. The molecule has 0 saturated heterocycles. The predicted octanol–water partition coefficient (Wildman–Crippen LogP) is 3.37. The number of carbonyl (C=O) groups is 1. The summed E-state index contributed by atoms with van der Waals surface area (Å²) in [4.78, 5) is 17.3. The van der Waals surface area contributed by atoms with Crippen molar-refractivity contribution in [3.8, 4) is 0 Å². The number of carbonyl (C=O) groups excluding carboxylic acids is 1. The van der Waals surface area contributed by atoms with Crippen LogP contribution in [0.5, 0.6) is 0 Å². The standard InChI is InChI=1S/C13H9ClN2OS/c14-10-1-2-12-11(5-10)13(17)9(7-18-12)6-16-4-3-15-8-16/h1-6,8H,7H2. The molecule has 0 bridgehead atoms. The SMILES string of the molecule is O=C1C(=Cn2ccnc2)CSc2ccc(Cl)cc21. The summed E-state index contributed by atoms with van der Waals surface area (Å²) < 4.78 is 1.78. The number of ketones is 1. The van der Waals surface area contributed by atoms with Gasteiger partial charge in [-0.3, -0.25) is 4.79 Å². The van der Waals surface area contributed by atoms with Crippen LogP contribution in [-0.4, -0.2) is 21.1 Å². The van der Waals surface area contributed by atoms with Gasteiger partial charge < -0.3 is 4.57 Å². The van der Waals surface area contributed by atoms with Crippen molar-refractivity contribution in [2.75, 3.05) is 5.75 Å². The van der Waals surface area contributed by atoms with Crippen LogP contribution in [0.25, 0.3) is 6.20 Å². The zero-order valence-electron chi connectivity index (χ0n) is 9.34. The molecule has 0 N–H and O–H groups in total. The smallest absolute Gasteiger partial charge is 0.192 e. The van der Waals surface area contributed by atoms with E-state index in [9.17, 15) is 4.79 Å². The fraction of sp³-hybridized carbons (Fsp3) is 0.0769. The van der Waals surface area contributed by atoms with E-state index in [0.717, 1.165) is 10.5 Å². The monoisotopic (exact) mass is 276 g/mol. The molecule has 0 aliphatic carbocycles. The van der Waals surface area contributed by atoms with E-state index < -0.39 is 0 Å². The number of nitrogens with zero attached hydrogens (tertiary/aromatic N) is 2. The van der Waals surface area contributed by atoms with Crippen molar-refractivity contribution in [2.45, 2.75) is 4.90 Å². The number of aromatic nitrogens is 2. The van der Waals surface area contributed by atoms with Crippen LogP contribution < -0.4 is 0 Å². The molecule has 0 unspecified atom stereocenters. The average Bonchev–Trinajstić information content (AvgIpc) is 2.86. The number of fused-ring (bicyclic) bond motifs is 1. The minimum atomic E-state index is 0.0416. The van der Waals surface area contributed by atoms with Gasteiger partial charge >= 0.3 is 0 Å². The Morgan fingerprint density at radius 1 is 1.44 bits per heavy atom. The summed E-state index contributed by atoms with van der Waals surface area (Å²) in [6.07, 6.45) is 6.96. The molecule has 0 atom stereocenters. The molecule has 2 aromatic rings. The molecule has 5 heteroatoms. The molecule has 0 fully saturated rings. The highest BCUT2D eigenvalue weighted by Crippen LogP contribution is 2.34. The molecular formula is C13H9ClN2OS. The lowest BCUT2D eigenvalue weighted by Gasteiger charge is -2.17. The molecule has 0 radical (unpaired) electrons. The molecular weight excluding hydrogens is 268 g/mol. The van der Waals surface area contributed by atoms with Crippen LogP contribution >= 0.6 is 23.4 Å². The Morgan fingerprint density at radius 2 is 2.33 bits per heavy atom. The zero-order valence-corrected chi connectivity index (χ0v) is 10.9. The lowest BCUT2D eigenvalue weighted by atomic mass is 10.0. The first-order chi connectivity index (χ1) is 8.74. The summed E-state index contributed by atoms with van der Waals surface area (Å²) in [7, 11) is 0. The third-order valence-corrected chi connectivity index (χ3v) is 4.05. The molecule has 1 aliphatic rings. The van der Waals surface area contributed by atoms with Gasteiger partial charge in [0.15, 0.2) is 5.78 Å². The van der Waals surface area contributed by atoms with E-state index in [2.05, 4.69) is 4.98 Å². The van der Waals surface area contributed by atoms with Crippen LogP contribution in [0.2, 0.25) is 5.02 Å². The van der Waals surface area contributed by atoms with E-state index in [-0.39, 0.29) is 5.78 Å². The van der Waals surface area contributed by atoms with Crippen LogP contribution in [0.15, 0.2) is 47.4 Å². The van der Waals surface area contributed by atoms with Crippen molar-refractivity contribution in [3.05, 3.63) is 53.1 Å². The lowest BCUT2D eigenvalue weighted by Crippen LogP contribution is -2.13. The first-order valence-electron chi connectivity index (χ1n) is 5.39. The van der Waals surface area contributed by atoms with E-state index in [4.69, 9.17) is 11.6 Å². The first-order valence-corrected chi connectivity index (χ1v) is 6.75. The second kappa shape index (κ2) is 4.63. The second-order valence-corrected chi connectivity index (χ2v) is 5.38. The topological polar surface area (TPSA) is 34.9 Å². The van der Waals surface area contributed by atoms with Crippen molar-refractivity contribution >= 4 is 35.3 Å². The van der Waals surface area contributed by atoms with Crippen LogP contribution in [0.4, 0.5) is 0 Å². The normalized spacial score (nSPS) is 16.9. The highest BCUT2D eigenvalue weighted by Gasteiger charge is 2.22. The van der Waals surface area contributed by atoms with E-state index in [0.29, 0.717) is 16.3 Å². The molecule has 3 rings (SSSR count). The Hall–Kier alpha value is -1.52. The summed E-state index contributed by atoms with van der Waals surface area (Å²) in [5.74, 6) is 0.714. The molecule has 90 valence electrons. The number of rotatable bonds is 1. The van der Waals surface area contributed by atoms with Gasteiger partial charge in [-0.2, -0.15) is 0 Å². The summed E-state index contributed by atoms with van der Waals surface area (Å²) in [6, 6.07) is 5.44. The molecule has 0 spiro atoms. The number of halogens is 1. The Morgan fingerprint density at radius 3 is 3.11 bits per heavy atom. The van der Waals surface area contributed by atoms with Crippen molar-refractivity contribution in [1.82, 2.24) is 9.55 Å². The van der Waals surface area contributed by atoms with Crippen molar-refractivity contribution < 1.29 is 4.79 Å². The van der Waals surface area contributed by atoms with Crippen molar-refractivity contribution in [2.24, 2.45) is 0 Å². The molecule has 0 saturated carbocycles. The summed E-state index contributed by atoms with van der Waals surface area (Å²) in [5.41, 5.74) is 1.44. The molecule has 0 amide bonds. The largest absolute Gasteiger partial charge is 0.313 e. The van der Waals surface area contributed by atoms with Gasteiger partial charge in [0.05, 0.1) is 6.33 Å². The minimum Gasteiger partial charge on any atom is -0.313 e. The number of hydrogen-bond acceptors (Lipinski definition) is 3. The quantitative estimate of drug-likeness (QED) is 0.749. The Bertz CT molecular complexity index is 634. The average molecular weight is 277 g/mol. The second-order valence-electron chi connectivity index (χ2n) is 3.92. The van der Waals surface area contributed by atoms with Gasteiger partial charge in [-0.25, -0.2) is 4.98 Å². The fourth-order valence-corrected chi connectivity index (χ4v) is 2.98. The number of thioether (sulfide) groups is 1. The molecule has 1 aromatic heterocycles. The van der Waals surface area contributed by atoms with Crippen LogP contribution in [-0.2, 0) is 0 Å². The van der Waals surface area contributed by atoms with Gasteiger partial charge in [0.25, 0.3) is 0 Å². The maximum atomic E-state index is 12.3. The summed E-state index contributed by atoms with van der Waals surface area (Å²) in [5, 5.41) is 0.589. The molecule has 18 heavy (non-hydrogen) atoms. The van der Waals surface area contributed by atoms with Gasteiger partial charge in [0, 0.05) is 45.4 Å². The highest BCUT2D eigenvalue weighted by molar-refractivity contribution is 7.99. The number of benzene rings is 1. The van der Waals surface area contributed by atoms with Crippen molar-refractivity contribution in [1.29, 1.82) is 0 Å². The van der Waals surface area contributed by atoms with Gasteiger partial charge in [0.1, 0.15) is 0 Å². The van der Waals surface area contributed by atoms with Gasteiger partial charge in [-0.1, -0.05) is 11.6 Å². The Kier molecular flexibility index (Phi) is 2.97. The van der Waals surface area contributed by atoms with Crippen LogP contribution in [0.3, 0.4) is 0 Å². The Labute approximate surface area is 113 Å². The summed E-state index contributed by atoms with van der Waals surface area (Å²) >= 11 is 7.59. The maximum absolute atomic E-state index is 12.3. The zero-order chi connectivity index (χ0) is 12.5. The van der Waals surface area contributed by atoms with Gasteiger partial charge in [-0.05, 0) is 18.2 Å². The van der Waals surface area contributed by atoms with Gasteiger partial charge in [-0.15, -0.1) is 11.8 Å². The number of hydrogen-bond donors (Lipinski definition) is 0. The van der Waals surface area contributed by atoms with E-state index in [1.54, 1.807) is 41.1 Å². The number of imidazole rings is 1. The van der Waals surface area contributed by atoms with E-state index in [1.165, 1.54) is 0 Å². The van der Waals surface area contributed by atoms with Crippen LogP contribution in [0.1, 0.15) is 10.4 Å². The lowest BCUT2D eigenvalue weighted by molar-refractivity contribution is 0.103. The minimum absolute atomic E-state index is 0.0416. The number of Topliss-reactive ketones (excluding diaryl/α,β-unsaturated/α-hetero) is 1. The molecule has 1 aromatic carbocycles. The fourth-order valence-electron chi connectivity index (χ4n) is 1.82. The maximum Gasteiger partial charge on any atom is 0.192 e. The van der Waals surface area contributed by atoms with Gasteiger partial charge in [0.2, 0.25) is 0 Å². The van der Waals surface area contributed by atoms with Crippen LogP contribution in [0, 0.1) is 0 Å². The van der Waals surface area contributed by atoms with Crippen molar-refractivity contribution in [3.63, 3.8) is 0 Å². The van der Waals surface area contributed by atoms with E-state index in [1.807, 2.05) is 18.3 Å². The third kappa shape index (κ3) is 2.09. The highest BCUT2D eigenvalue weighted by atomic mass is 35.5. The third-order valence-electron chi connectivity index (χ3n) is 2.69. The van der Waals surface area contributed by atoms with E-state index >= 15 is 0 Å². The molecule has 1 aliphatic heterocycles. The molecule has 2 heterocycles.